The number of rotatable bonds is 3. The average molecular weight is 318 g/mol. The number of aliphatic hydroxyl groups is 1. The average Bonchev–Trinajstić information content (AvgIpc) is 2.64. The molecule has 1 saturated carbocycles. The molecule has 4 rings (SSSR count). The van der Waals surface area contributed by atoms with Crippen molar-refractivity contribution in [2.45, 2.75) is 60.5 Å². The third kappa shape index (κ3) is 2.28. The van der Waals surface area contributed by atoms with Crippen LogP contribution in [0, 0.1) is 40.9 Å². The molecule has 2 bridgehead atoms. The van der Waals surface area contributed by atoms with Crippen molar-refractivity contribution in [2.75, 3.05) is 6.54 Å². The number of fused-ring (bicyclic) bond motifs is 2. The number of hydrogen-bond acceptors (Lipinski definition) is 2. The Morgan fingerprint density at radius 2 is 1.96 bits per heavy atom. The molecule has 6 unspecified atom stereocenters. The highest BCUT2D eigenvalue weighted by Crippen LogP contribution is 2.64. The molecule has 0 radical (unpaired) electrons. The van der Waals surface area contributed by atoms with Gasteiger partial charge in [-0.15, -0.1) is 0 Å². The fourth-order valence-electron chi connectivity index (χ4n) is 6.13. The summed E-state index contributed by atoms with van der Waals surface area (Å²) >= 11 is 0. The lowest BCUT2D eigenvalue weighted by atomic mass is 9.61. The first-order chi connectivity index (χ1) is 10.7. The Labute approximate surface area is 142 Å². The van der Waals surface area contributed by atoms with Gasteiger partial charge in [-0.3, -0.25) is 0 Å². The van der Waals surface area contributed by atoms with Gasteiger partial charge in [0.15, 0.2) is 0 Å². The van der Waals surface area contributed by atoms with Crippen LogP contribution in [-0.2, 0) is 0 Å². The minimum absolute atomic E-state index is 0.149. The second kappa shape index (κ2) is 5.74. The quantitative estimate of drug-likeness (QED) is 0.768. The molecular formula is C21H35NO. The lowest BCUT2D eigenvalue weighted by Gasteiger charge is -2.43. The molecule has 130 valence electrons. The molecule has 0 aromatic rings. The molecule has 1 fully saturated rings. The molecule has 0 aromatic heterocycles. The molecule has 1 spiro atoms. The summed E-state index contributed by atoms with van der Waals surface area (Å²) in [5, 5.41) is 11.1. The molecule has 2 heteroatoms. The normalized spacial score (nSPS) is 43.2. The third-order valence-electron chi connectivity index (χ3n) is 7.47. The molecule has 4 aliphatic carbocycles. The smallest absolute Gasteiger partial charge is 0.0821 e. The summed E-state index contributed by atoms with van der Waals surface area (Å²) in [6, 6.07) is 0. The van der Waals surface area contributed by atoms with Crippen LogP contribution in [0.1, 0.15) is 54.4 Å². The van der Waals surface area contributed by atoms with Crippen LogP contribution >= 0.6 is 0 Å². The summed E-state index contributed by atoms with van der Waals surface area (Å²) in [6.45, 7) is 14.6. The van der Waals surface area contributed by atoms with Gasteiger partial charge in [0, 0.05) is 11.3 Å². The fourth-order valence-corrected chi connectivity index (χ4v) is 6.13. The Kier molecular flexibility index (Phi) is 4.30. The summed E-state index contributed by atoms with van der Waals surface area (Å²) in [5.41, 5.74) is 10.7. The zero-order valence-electron chi connectivity index (χ0n) is 15.8. The number of aliphatic hydroxyl groups excluding tert-OH is 1. The first-order valence-electron chi connectivity index (χ1n) is 9.55. The Morgan fingerprint density at radius 3 is 2.48 bits per heavy atom. The largest absolute Gasteiger partial charge is 0.388 e. The Bertz CT molecular complexity index is 544. The van der Waals surface area contributed by atoms with Gasteiger partial charge in [0.05, 0.1) is 6.10 Å². The second-order valence-corrected chi connectivity index (χ2v) is 9.07. The highest BCUT2D eigenvalue weighted by atomic mass is 16.3. The fraction of sp³-hybridized carbons (Fsp3) is 0.810. The molecule has 2 nitrogen and oxygen atoms in total. The Hall–Kier alpha value is -0.600. The molecule has 0 saturated heterocycles. The third-order valence-corrected chi connectivity index (χ3v) is 7.47. The van der Waals surface area contributed by atoms with E-state index in [1.807, 2.05) is 0 Å². The first-order valence-corrected chi connectivity index (χ1v) is 9.55. The SMILES string of the molecule is CC1=C2CC(C(C)C)C(C)C23C=C(C(C)C)C(O)C1C(CN)C3. The second-order valence-electron chi connectivity index (χ2n) is 9.07. The van der Waals surface area contributed by atoms with Gasteiger partial charge in [-0.25, -0.2) is 0 Å². The van der Waals surface area contributed by atoms with Gasteiger partial charge in [-0.1, -0.05) is 51.8 Å². The summed E-state index contributed by atoms with van der Waals surface area (Å²) in [7, 11) is 0. The minimum Gasteiger partial charge on any atom is -0.388 e. The van der Waals surface area contributed by atoms with Crippen LogP contribution < -0.4 is 5.73 Å². The number of hydrogen-bond donors (Lipinski definition) is 2. The van der Waals surface area contributed by atoms with Crippen LogP contribution in [0.3, 0.4) is 0 Å². The van der Waals surface area contributed by atoms with Crippen LogP contribution in [0.2, 0.25) is 0 Å². The summed E-state index contributed by atoms with van der Waals surface area (Å²) in [4.78, 5) is 0. The van der Waals surface area contributed by atoms with Crippen molar-refractivity contribution < 1.29 is 5.11 Å². The van der Waals surface area contributed by atoms with Crippen molar-refractivity contribution in [2.24, 2.45) is 46.7 Å². The maximum atomic E-state index is 11.1. The van der Waals surface area contributed by atoms with Gasteiger partial charge in [0.25, 0.3) is 0 Å². The molecule has 0 amide bonds. The van der Waals surface area contributed by atoms with E-state index in [1.54, 1.807) is 5.57 Å². The van der Waals surface area contributed by atoms with E-state index in [0.29, 0.717) is 30.2 Å². The lowest BCUT2D eigenvalue weighted by Crippen LogP contribution is -2.41. The van der Waals surface area contributed by atoms with Crippen LogP contribution in [-0.4, -0.2) is 17.8 Å². The van der Waals surface area contributed by atoms with Gasteiger partial charge in [0.2, 0.25) is 0 Å². The van der Waals surface area contributed by atoms with Crippen LogP contribution in [0.4, 0.5) is 0 Å². The van der Waals surface area contributed by atoms with Crippen molar-refractivity contribution in [3.8, 4) is 0 Å². The van der Waals surface area contributed by atoms with Gasteiger partial charge >= 0.3 is 0 Å². The van der Waals surface area contributed by atoms with Crippen molar-refractivity contribution in [1.82, 2.24) is 0 Å². The molecule has 6 atom stereocenters. The Morgan fingerprint density at radius 1 is 1.30 bits per heavy atom. The molecule has 23 heavy (non-hydrogen) atoms. The van der Waals surface area contributed by atoms with Gasteiger partial charge in [0.1, 0.15) is 0 Å². The Balaban J connectivity index is 2.20. The minimum atomic E-state index is -0.342. The lowest BCUT2D eigenvalue weighted by molar-refractivity contribution is 0.0970. The van der Waals surface area contributed by atoms with E-state index >= 15 is 0 Å². The first kappa shape index (κ1) is 17.2. The van der Waals surface area contributed by atoms with Crippen LogP contribution in [0.25, 0.3) is 0 Å². The van der Waals surface area contributed by atoms with Crippen LogP contribution in [0.5, 0.6) is 0 Å². The monoisotopic (exact) mass is 317 g/mol. The van der Waals surface area contributed by atoms with E-state index in [4.69, 9.17) is 5.73 Å². The van der Waals surface area contributed by atoms with E-state index in [9.17, 15) is 5.11 Å². The van der Waals surface area contributed by atoms with Crippen molar-refractivity contribution in [3.63, 3.8) is 0 Å². The molecule has 3 N–H and O–H groups in total. The standard InChI is InChI=1S/C21H35NO/c1-11(2)16-7-18-13(5)19-15(10-22)8-21(18,14(16)6)9-17(12(3)4)20(19)23/h9,11-12,14-16,19-20,23H,7-8,10,22H2,1-6H3. The highest BCUT2D eigenvalue weighted by Gasteiger charge is 2.57. The predicted molar refractivity (Wildman–Crippen MR) is 96.8 cm³/mol. The highest BCUT2D eigenvalue weighted by molar-refractivity contribution is 5.44. The van der Waals surface area contributed by atoms with Crippen molar-refractivity contribution >= 4 is 0 Å². The van der Waals surface area contributed by atoms with Gasteiger partial charge < -0.3 is 10.8 Å². The van der Waals surface area contributed by atoms with E-state index in [1.165, 1.54) is 17.6 Å². The maximum Gasteiger partial charge on any atom is 0.0821 e. The molecule has 0 heterocycles. The molecular weight excluding hydrogens is 282 g/mol. The maximum absolute atomic E-state index is 11.1. The topological polar surface area (TPSA) is 46.2 Å². The van der Waals surface area contributed by atoms with E-state index in [2.05, 4.69) is 47.6 Å². The number of allylic oxidation sites excluding steroid dienone is 2. The summed E-state index contributed by atoms with van der Waals surface area (Å²) in [6.07, 6.45) is 4.51. The predicted octanol–water partition coefficient (Wildman–Crippen LogP) is 4.15. The van der Waals surface area contributed by atoms with Crippen molar-refractivity contribution in [3.05, 3.63) is 22.8 Å². The van der Waals surface area contributed by atoms with Crippen molar-refractivity contribution in [1.29, 1.82) is 0 Å². The van der Waals surface area contributed by atoms with E-state index in [0.717, 1.165) is 12.3 Å². The molecule has 4 aliphatic rings. The van der Waals surface area contributed by atoms with E-state index in [-0.39, 0.29) is 17.4 Å². The molecule has 0 aliphatic heterocycles. The van der Waals surface area contributed by atoms with Crippen LogP contribution in [0.15, 0.2) is 22.8 Å². The van der Waals surface area contributed by atoms with Gasteiger partial charge in [-0.05, 0) is 61.5 Å². The molecule has 0 aromatic carbocycles. The summed E-state index contributed by atoms with van der Waals surface area (Å²) in [5.74, 6) is 3.15. The van der Waals surface area contributed by atoms with E-state index < -0.39 is 0 Å². The summed E-state index contributed by atoms with van der Waals surface area (Å²) < 4.78 is 0. The zero-order chi connectivity index (χ0) is 17.1. The van der Waals surface area contributed by atoms with Gasteiger partial charge in [-0.2, -0.15) is 0 Å². The number of nitrogens with two attached hydrogens (primary N) is 1. The zero-order valence-corrected chi connectivity index (χ0v) is 15.8.